The zero-order valence-corrected chi connectivity index (χ0v) is 14.9. The standard InChI is InChI=1S/C17H18FN7O4/c18-9-4-2-1-3-8(9)5-21-24-17-22-14(19)11-15(23-17)25(7-20-11)16-13(28)12(27)10(6-26)29-16/h1-5,7,10,12-13,16,26-28H,6H2,(H3,19,22,23,24)/b21-5+. The Kier molecular flexibility index (Phi) is 5.07. The number of hydrogen-bond acceptors (Lipinski definition) is 10. The molecule has 1 saturated heterocycles. The van der Waals surface area contributed by atoms with Gasteiger partial charge in [-0.25, -0.2) is 14.8 Å². The number of ether oxygens (including phenoxy) is 1. The van der Waals surface area contributed by atoms with E-state index in [0.29, 0.717) is 0 Å². The smallest absolute Gasteiger partial charge is 0.247 e. The molecule has 3 aromatic rings. The summed E-state index contributed by atoms with van der Waals surface area (Å²) < 4.78 is 20.5. The number of imidazole rings is 1. The Balaban J connectivity index is 1.63. The van der Waals surface area contributed by atoms with Gasteiger partial charge in [-0.1, -0.05) is 18.2 Å². The summed E-state index contributed by atoms with van der Waals surface area (Å²) in [7, 11) is 0. The van der Waals surface area contributed by atoms with Crippen molar-refractivity contribution in [2.45, 2.75) is 24.5 Å². The number of fused-ring (bicyclic) bond motifs is 1. The third-order valence-electron chi connectivity index (χ3n) is 4.51. The van der Waals surface area contributed by atoms with E-state index in [1.807, 2.05) is 0 Å². The van der Waals surface area contributed by atoms with E-state index in [2.05, 4.69) is 25.5 Å². The largest absolute Gasteiger partial charge is 0.394 e. The number of benzene rings is 1. The fourth-order valence-corrected chi connectivity index (χ4v) is 3.02. The SMILES string of the molecule is Nc1nc(N/N=C/c2ccccc2F)nc2c1ncn2C1OC(CO)C(O)C1O. The molecule has 1 aliphatic heterocycles. The summed E-state index contributed by atoms with van der Waals surface area (Å²) in [5.41, 5.74) is 9.23. The Morgan fingerprint density at radius 3 is 2.79 bits per heavy atom. The molecule has 11 nitrogen and oxygen atoms in total. The summed E-state index contributed by atoms with van der Waals surface area (Å²) in [6, 6.07) is 6.10. The molecule has 0 saturated carbocycles. The molecule has 0 amide bonds. The van der Waals surface area contributed by atoms with E-state index in [9.17, 15) is 19.7 Å². The molecule has 4 rings (SSSR count). The number of aromatic nitrogens is 4. The number of halogens is 1. The van der Waals surface area contributed by atoms with Gasteiger partial charge in [-0.3, -0.25) is 4.57 Å². The average Bonchev–Trinajstić information content (AvgIpc) is 3.25. The number of nitrogens with two attached hydrogens (primary N) is 1. The van der Waals surface area contributed by atoms with E-state index in [1.165, 1.54) is 23.2 Å². The minimum absolute atomic E-state index is 0.0103. The Bertz CT molecular complexity index is 1060. The van der Waals surface area contributed by atoms with Crippen molar-refractivity contribution < 1.29 is 24.4 Å². The molecule has 4 unspecified atom stereocenters. The highest BCUT2D eigenvalue weighted by Crippen LogP contribution is 2.32. The van der Waals surface area contributed by atoms with Crippen LogP contribution in [-0.2, 0) is 4.74 Å². The number of nitrogens with one attached hydrogen (secondary N) is 1. The van der Waals surface area contributed by atoms with Crippen molar-refractivity contribution in [3.63, 3.8) is 0 Å². The normalized spacial score (nSPS) is 24.6. The van der Waals surface area contributed by atoms with Gasteiger partial charge in [0.15, 0.2) is 17.7 Å². The second-order valence-electron chi connectivity index (χ2n) is 6.38. The van der Waals surface area contributed by atoms with E-state index in [4.69, 9.17) is 10.5 Å². The molecule has 2 aromatic heterocycles. The fraction of sp³-hybridized carbons (Fsp3) is 0.294. The van der Waals surface area contributed by atoms with Crippen LogP contribution in [0.3, 0.4) is 0 Å². The number of hydrazone groups is 1. The van der Waals surface area contributed by atoms with Crippen molar-refractivity contribution in [2.24, 2.45) is 5.10 Å². The number of nitrogen functional groups attached to an aromatic ring is 1. The van der Waals surface area contributed by atoms with Gasteiger partial charge >= 0.3 is 0 Å². The third-order valence-corrected chi connectivity index (χ3v) is 4.51. The average molecular weight is 403 g/mol. The monoisotopic (exact) mass is 403 g/mol. The van der Waals surface area contributed by atoms with Gasteiger partial charge in [0.2, 0.25) is 5.95 Å². The maximum atomic E-state index is 13.6. The van der Waals surface area contributed by atoms with Crippen LogP contribution in [0.4, 0.5) is 16.2 Å². The van der Waals surface area contributed by atoms with Crippen LogP contribution in [0, 0.1) is 5.82 Å². The number of aliphatic hydroxyl groups excluding tert-OH is 3. The van der Waals surface area contributed by atoms with E-state index in [0.717, 1.165) is 0 Å². The van der Waals surface area contributed by atoms with Gasteiger partial charge in [0.05, 0.1) is 19.1 Å². The Morgan fingerprint density at radius 2 is 2.07 bits per heavy atom. The molecule has 4 atom stereocenters. The first-order chi connectivity index (χ1) is 14.0. The van der Waals surface area contributed by atoms with Crippen LogP contribution in [0.15, 0.2) is 35.7 Å². The maximum absolute atomic E-state index is 13.6. The van der Waals surface area contributed by atoms with Gasteiger partial charge in [0.1, 0.15) is 29.6 Å². The van der Waals surface area contributed by atoms with Gasteiger partial charge < -0.3 is 25.8 Å². The van der Waals surface area contributed by atoms with Gasteiger partial charge in [-0.05, 0) is 6.07 Å². The molecule has 0 spiro atoms. The van der Waals surface area contributed by atoms with Gasteiger partial charge in [-0.15, -0.1) is 0 Å². The quantitative estimate of drug-likeness (QED) is 0.282. The predicted octanol–water partition coefficient (Wildman–Crippen LogP) is -0.395. The van der Waals surface area contributed by atoms with Crippen LogP contribution in [0.5, 0.6) is 0 Å². The molecule has 0 radical (unpaired) electrons. The number of rotatable bonds is 5. The number of anilines is 2. The molecule has 1 aromatic carbocycles. The molecular formula is C17H18FN7O4. The maximum Gasteiger partial charge on any atom is 0.247 e. The lowest BCUT2D eigenvalue weighted by Crippen LogP contribution is -2.33. The number of hydrogen-bond donors (Lipinski definition) is 5. The van der Waals surface area contributed by atoms with Crippen molar-refractivity contribution in [2.75, 3.05) is 17.8 Å². The summed E-state index contributed by atoms with van der Waals surface area (Å²) in [5.74, 6) is -0.378. The Hall–Kier alpha value is -3.19. The molecule has 152 valence electrons. The van der Waals surface area contributed by atoms with Crippen LogP contribution in [0.1, 0.15) is 11.8 Å². The van der Waals surface area contributed by atoms with E-state index in [1.54, 1.807) is 18.2 Å². The van der Waals surface area contributed by atoms with Crippen molar-refractivity contribution in [1.29, 1.82) is 0 Å². The molecule has 1 aliphatic rings. The number of aliphatic hydroxyl groups is 3. The second kappa shape index (κ2) is 7.67. The van der Waals surface area contributed by atoms with Gasteiger partial charge in [0, 0.05) is 5.56 Å². The minimum atomic E-state index is -1.31. The Morgan fingerprint density at radius 1 is 1.28 bits per heavy atom. The first-order valence-corrected chi connectivity index (χ1v) is 8.65. The van der Waals surface area contributed by atoms with E-state index in [-0.39, 0.29) is 28.5 Å². The van der Waals surface area contributed by atoms with Crippen molar-refractivity contribution >= 4 is 29.1 Å². The molecule has 6 N–H and O–H groups in total. The third kappa shape index (κ3) is 3.49. The van der Waals surface area contributed by atoms with Crippen LogP contribution >= 0.6 is 0 Å². The summed E-state index contributed by atoms with van der Waals surface area (Å²) in [5, 5.41) is 33.4. The van der Waals surface area contributed by atoms with Crippen molar-refractivity contribution in [3.05, 3.63) is 42.0 Å². The summed E-state index contributed by atoms with van der Waals surface area (Å²) in [4.78, 5) is 12.4. The lowest BCUT2D eigenvalue weighted by molar-refractivity contribution is -0.0511. The molecule has 1 fully saturated rings. The fourth-order valence-electron chi connectivity index (χ4n) is 3.02. The molecule has 12 heteroatoms. The minimum Gasteiger partial charge on any atom is -0.394 e. The van der Waals surface area contributed by atoms with Crippen LogP contribution in [-0.4, -0.2) is 66.0 Å². The van der Waals surface area contributed by atoms with Crippen LogP contribution in [0.25, 0.3) is 11.2 Å². The first-order valence-electron chi connectivity index (χ1n) is 8.65. The Labute approximate surface area is 163 Å². The highest BCUT2D eigenvalue weighted by molar-refractivity contribution is 5.83. The van der Waals surface area contributed by atoms with Crippen LogP contribution in [0.2, 0.25) is 0 Å². The zero-order chi connectivity index (χ0) is 20.5. The number of nitrogens with zero attached hydrogens (tertiary/aromatic N) is 5. The molecule has 0 aliphatic carbocycles. The molecule has 0 bridgehead atoms. The first kappa shape index (κ1) is 19.1. The van der Waals surface area contributed by atoms with Gasteiger partial charge in [0.25, 0.3) is 0 Å². The topological polar surface area (TPSA) is 164 Å². The van der Waals surface area contributed by atoms with E-state index >= 15 is 0 Å². The van der Waals surface area contributed by atoms with Crippen LogP contribution < -0.4 is 11.2 Å². The van der Waals surface area contributed by atoms with Crippen molar-refractivity contribution in [3.8, 4) is 0 Å². The summed E-state index contributed by atoms with van der Waals surface area (Å²) >= 11 is 0. The summed E-state index contributed by atoms with van der Waals surface area (Å²) in [6.45, 7) is -0.462. The second-order valence-corrected chi connectivity index (χ2v) is 6.38. The van der Waals surface area contributed by atoms with E-state index < -0.39 is 37.0 Å². The van der Waals surface area contributed by atoms with Gasteiger partial charge in [-0.2, -0.15) is 15.1 Å². The molecular weight excluding hydrogens is 385 g/mol. The molecule has 29 heavy (non-hydrogen) atoms. The lowest BCUT2D eigenvalue weighted by Gasteiger charge is -2.16. The highest BCUT2D eigenvalue weighted by atomic mass is 19.1. The predicted molar refractivity (Wildman–Crippen MR) is 100 cm³/mol. The lowest BCUT2D eigenvalue weighted by atomic mass is 10.1. The highest BCUT2D eigenvalue weighted by Gasteiger charge is 2.44. The summed E-state index contributed by atoms with van der Waals surface area (Å²) in [6.07, 6.45) is -1.96. The zero-order valence-electron chi connectivity index (χ0n) is 14.9. The molecule has 3 heterocycles. The van der Waals surface area contributed by atoms with Crippen molar-refractivity contribution in [1.82, 2.24) is 19.5 Å².